The second kappa shape index (κ2) is 109. The quantitative estimate of drug-likeness (QED) is 0.515. The van der Waals surface area contributed by atoms with Crippen molar-refractivity contribution in [2.24, 2.45) is 0 Å². The standard InChI is InChI=1S/4O.Ru.Sn/q4*-2;2*+4. The van der Waals surface area contributed by atoms with Crippen LogP contribution in [0.5, 0.6) is 0 Å². The van der Waals surface area contributed by atoms with Gasteiger partial charge in [-0.05, 0) is 0 Å². The Labute approximate surface area is 65.3 Å². The predicted molar refractivity (Wildman–Crippen MR) is 8.50 cm³/mol. The second-order valence-corrected chi connectivity index (χ2v) is 0. The molecule has 0 N–H and O–H groups in total. The van der Waals surface area contributed by atoms with Crippen molar-refractivity contribution in [3.63, 3.8) is 0 Å². The van der Waals surface area contributed by atoms with Crippen molar-refractivity contribution in [1.82, 2.24) is 0 Å². The van der Waals surface area contributed by atoms with Crippen LogP contribution < -0.4 is 0 Å². The van der Waals surface area contributed by atoms with Gasteiger partial charge in [-0.2, -0.15) is 0 Å². The average Bonchev–Trinajstić information content (AvgIpc) is 0. The van der Waals surface area contributed by atoms with Crippen molar-refractivity contribution in [3.05, 3.63) is 0 Å². The van der Waals surface area contributed by atoms with E-state index in [0.29, 0.717) is 0 Å². The van der Waals surface area contributed by atoms with Crippen molar-refractivity contribution in [3.8, 4) is 0 Å². The molecule has 0 aromatic heterocycles. The molecule has 0 fully saturated rings. The third-order valence-corrected chi connectivity index (χ3v) is 0. The molecule has 0 bridgehead atoms. The Morgan fingerprint density at radius 3 is 0.500 bits per heavy atom. The summed E-state index contributed by atoms with van der Waals surface area (Å²) in [6.07, 6.45) is 0. The first kappa shape index (κ1) is 179. The van der Waals surface area contributed by atoms with E-state index in [-0.39, 0.29) is 65.3 Å². The fraction of sp³-hybridized carbons (Fsp3) is 0. The van der Waals surface area contributed by atoms with Gasteiger partial charge in [0.15, 0.2) is 0 Å². The summed E-state index contributed by atoms with van der Waals surface area (Å²) in [5.74, 6) is 0. The van der Waals surface area contributed by atoms with Gasteiger partial charge in [-0.3, -0.25) is 0 Å². The van der Waals surface area contributed by atoms with Gasteiger partial charge < -0.3 is 21.9 Å². The molecule has 0 aliphatic carbocycles. The van der Waals surface area contributed by atoms with E-state index in [4.69, 9.17) is 0 Å². The Hall–Kier alpha value is 1.26. The van der Waals surface area contributed by atoms with Crippen LogP contribution in [0.3, 0.4) is 0 Å². The topological polar surface area (TPSA) is 114 Å². The first-order valence-corrected chi connectivity index (χ1v) is 0. The third-order valence-electron chi connectivity index (χ3n) is 0. The van der Waals surface area contributed by atoms with Gasteiger partial charge >= 0.3 is 43.4 Å². The predicted octanol–water partition coefficient (Wildman–Crippen LogP) is -0.859. The van der Waals surface area contributed by atoms with Gasteiger partial charge in [0.05, 0.1) is 0 Å². The van der Waals surface area contributed by atoms with Gasteiger partial charge in [0.2, 0.25) is 0 Å². The molecule has 0 rings (SSSR count). The molecule has 0 aliphatic heterocycles. The van der Waals surface area contributed by atoms with Crippen LogP contribution in [-0.2, 0) is 41.4 Å². The molecule has 0 amide bonds. The Kier molecular flexibility index (Phi) is 3240. The maximum absolute atomic E-state index is 0. The number of hydrogen-bond donors (Lipinski definition) is 0. The Morgan fingerprint density at radius 1 is 0.500 bits per heavy atom. The zero-order valence-electron chi connectivity index (χ0n) is 2.49. The van der Waals surface area contributed by atoms with E-state index in [2.05, 4.69) is 0 Å². The van der Waals surface area contributed by atoms with Crippen LogP contribution in [0.4, 0.5) is 0 Å². The molecule has 0 heterocycles. The zero-order chi connectivity index (χ0) is 0. The van der Waals surface area contributed by atoms with Crippen LogP contribution in [0.2, 0.25) is 0 Å². The van der Waals surface area contributed by atoms with Crippen molar-refractivity contribution in [1.29, 1.82) is 0 Å². The van der Waals surface area contributed by atoms with E-state index < -0.39 is 0 Å². The van der Waals surface area contributed by atoms with Crippen LogP contribution in [0.15, 0.2) is 0 Å². The second-order valence-electron chi connectivity index (χ2n) is 0. The maximum Gasteiger partial charge on any atom is 4.00 e. The van der Waals surface area contributed by atoms with Crippen LogP contribution in [0.1, 0.15) is 0 Å². The largest absolute Gasteiger partial charge is 4.00 e. The fourth-order valence-corrected chi connectivity index (χ4v) is 0. The Balaban J connectivity index is 0. The first-order chi connectivity index (χ1) is 0. The van der Waals surface area contributed by atoms with Crippen molar-refractivity contribution >= 4 is 23.9 Å². The van der Waals surface area contributed by atoms with Gasteiger partial charge in [0.25, 0.3) is 0 Å². The molecule has 36 valence electrons. The van der Waals surface area contributed by atoms with E-state index in [9.17, 15) is 0 Å². The fourth-order valence-electron chi connectivity index (χ4n) is 0. The van der Waals surface area contributed by atoms with Gasteiger partial charge in [0.1, 0.15) is 0 Å². The minimum Gasteiger partial charge on any atom is -2.00 e. The van der Waals surface area contributed by atoms with Crippen LogP contribution >= 0.6 is 0 Å². The molecule has 0 atom stereocenters. The molecular weight excluding hydrogens is 284 g/mol. The molecule has 4 nitrogen and oxygen atoms in total. The summed E-state index contributed by atoms with van der Waals surface area (Å²) >= 11 is 0. The number of rotatable bonds is 0. The molecule has 6 heavy (non-hydrogen) atoms. The van der Waals surface area contributed by atoms with Gasteiger partial charge in [-0.15, -0.1) is 0 Å². The molecule has 0 unspecified atom stereocenters. The average molecular weight is 284 g/mol. The minimum atomic E-state index is 0. The summed E-state index contributed by atoms with van der Waals surface area (Å²) in [6, 6.07) is 0. The van der Waals surface area contributed by atoms with Gasteiger partial charge in [0, 0.05) is 0 Å². The SMILES string of the molecule is [O-2].[O-2].[O-2].[O-2].[Ru+4].[Sn+4]. The molecule has 0 aromatic carbocycles. The molecule has 0 aromatic rings. The molecule has 0 spiro atoms. The third kappa shape index (κ3) is 60.0. The zero-order valence-corrected chi connectivity index (χ0v) is 7.08. The summed E-state index contributed by atoms with van der Waals surface area (Å²) in [5.41, 5.74) is 0. The van der Waals surface area contributed by atoms with E-state index in [1.807, 2.05) is 0 Å². The molecule has 0 radical (unpaired) electrons. The monoisotopic (exact) mass is 286 g/mol. The molecular formula is O4RuSn. The van der Waals surface area contributed by atoms with E-state index in [0.717, 1.165) is 0 Å². The van der Waals surface area contributed by atoms with Crippen LogP contribution in [0, 0.1) is 0 Å². The van der Waals surface area contributed by atoms with E-state index in [1.54, 1.807) is 0 Å². The molecule has 0 saturated carbocycles. The van der Waals surface area contributed by atoms with Gasteiger partial charge in [-0.25, -0.2) is 0 Å². The normalized spacial score (nSPS) is 0. The number of hydrogen-bond acceptors (Lipinski definition) is 0. The van der Waals surface area contributed by atoms with Crippen LogP contribution in [-0.4, -0.2) is 23.9 Å². The summed E-state index contributed by atoms with van der Waals surface area (Å²) in [6.45, 7) is 0. The maximum atomic E-state index is 0. The molecule has 0 saturated heterocycles. The van der Waals surface area contributed by atoms with Crippen molar-refractivity contribution in [2.45, 2.75) is 0 Å². The van der Waals surface area contributed by atoms with Crippen molar-refractivity contribution in [2.75, 3.05) is 0 Å². The van der Waals surface area contributed by atoms with Crippen LogP contribution in [0.25, 0.3) is 0 Å². The Bertz CT molecular complexity index is 7.51. The van der Waals surface area contributed by atoms with E-state index in [1.165, 1.54) is 0 Å². The minimum absolute atomic E-state index is 0. The Morgan fingerprint density at radius 2 is 0.500 bits per heavy atom. The van der Waals surface area contributed by atoms with E-state index >= 15 is 0 Å². The summed E-state index contributed by atoms with van der Waals surface area (Å²) < 4.78 is 0. The summed E-state index contributed by atoms with van der Waals surface area (Å²) in [4.78, 5) is 0. The summed E-state index contributed by atoms with van der Waals surface area (Å²) in [7, 11) is 0. The van der Waals surface area contributed by atoms with Crippen molar-refractivity contribution < 1.29 is 41.4 Å². The smallest absolute Gasteiger partial charge is 2.00 e. The molecule has 6 heteroatoms. The van der Waals surface area contributed by atoms with Gasteiger partial charge in [-0.1, -0.05) is 0 Å². The first-order valence-electron chi connectivity index (χ1n) is 0. The molecule has 0 aliphatic rings. The summed E-state index contributed by atoms with van der Waals surface area (Å²) in [5, 5.41) is 0.